The molecule has 4 heteroatoms. The molecule has 0 bridgehead atoms. The third-order valence-electron chi connectivity index (χ3n) is 3.97. The van der Waals surface area contributed by atoms with Gasteiger partial charge in [0.25, 0.3) is 0 Å². The first kappa shape index (κ1) is 13.7. The van der Waals surface area contributed by atoms with Crippen LogP contribution in [-0.4, -0.2) is 29.5 Å². The lowest BCUT2D eigenvalue weighted by Crippen LogP contribution is -2.47. The molecule has 0 unspecified atom stereocenters. The molecule has 0 radical (unpaired) electrons. The van der Waals surface area contributed by atoms with E-state index in [9.17, 15) is 0 Å². The van der Waals surface area contributed by atoms with Gasteiger partial charge in [-0.3, -0.25) is 5.43 Å². The Morgan fingerprint density at radius 1 is 1.28 bits per heavy atom. The van der Waals surface area contributed by atoms with Crippen LogP contribution in [-0.2, 0) is 0 Å². The van der Waals surface area contributed by atoms with Crippen LogP contribution in [0, 0.1) is 5.92 Å². The molecule has 0 aliphatic heterocycles. The van der Waals surface area contributed by atoms with Crippen LogP contribution in [0.5, 0.6) is 0 Å². The lowest BCUT2D eigenvalue weighted by atomic mass is 10.1. The second-order valence-electron chi connectivity index (χ2n) is 6.14. The summed E-state index contributed by atoms with van der Waals surface area (Å²) in [5, 5.41) is 0. The Balaban J connectivity index is 1.96. The van der Waals surface area contributed by atoms with E-state index >= 15 is 0 Å². The highest BCUT2D eigenvalue weighted by atomic mass is 15.4. The third kappa shape index (κ3) is 3.87. The second kappa shape index (κ2) is 6.41. The monoisotopic (exact) mass is 252 g/mol. The molecule has 0 aromatic heterocycles. The average Bonchev–Trinajstić information content (AvgIpc) is 3.04. The fourth-order valence-corrected chi connectivity index (χ4v) is 2.65. The van der Waals surface area contributed by atoms with Gasteiger partial charge in [0, 0.05) is 12.6 Å². The Bertz CT molecular complexity index is 278. The summed E-state index contributed by atoms with van der Waals surface area (Å²) >= 11 is 0. The van der Waals surface area contributed by atoms with E-state index in [1.54, 1.807) is 0 Å². The molecule has 4 nitrogen and oxygen atoms in total. The smallest absolute Gasteiger partial charge is 0.208 e. The first-order valence-corrected chi connectivity index (χ1v) is 7.51. The number of nitrogens with zero attached hydrogens (tertiary/aromatic N) is 2. The van der Waals surface area contributed by atoms with E-state index in [1.165, 1.54) is 44.9 Å². The number of hydrogen-bond donors (Lipinski definition) is 2. The van der Waals surface area contributed by atoms with Gasteiger partial charge in [0.1, 0.15) is 0 Å². The quantitative estimate of drug-likeness (QED) is 0.341. The summed E-state index contributed by atoms with van der Waals surface area (Å²) in [5.41, 5.74) is 2.85. The molecule has 0 spiro atoms. The van der Waals surface area contributed by atoms with Crippen molar-refractivity contribution in [3.05, 3.63) is 0 Å². The SMILES string of the molecule is CC(C)CCN(C(=NC1CCCC1)NN)C1CC1. The Labute approximate surface area is 111 Å². The minimum absolute atomic E-state index is 0.497. The van der Waals surface area contributed by atoms with Gasteiger partial charge in [-0.1, -0.05) is 26.7 Å². The van der Waals surface area contributed by atoms with Crippen molar-refractivity contribution in [2.75, 3.05) is 6.54 Å². The molecule has 2 aliphatic rings. The summed E-state index contributed by atoms with van der Waals surface area (Å²) in [6.07, 6.45) is 8.90. The Kier molecular flexibility index (Phi) is 4.87. The molecule has 2 rings (SSSR count). The fourth-order valence-electron chi connectivity index (χ4n) is 2.65. The van der Waals surface area contributed by atoms with Gasteiger partial charge in [-0.25, -0.2) is 10.8 Å². The van der Waals surface area contributed by atoms with Crippen molar-refractivity contribution in [3.63, 3.8) is 0 Å². The summed E-state index contributed by atoms with van der Waals surface area (Å²) in [7, 11) is 0. The van der Waals surface area contributed by atoms with Crippen LogP contribution >= 0.6 is 0 Å². The second-order valence-corrected chi connectivity index (χ2v) is 6.14. The lowest BCUT2D eigenvalue weighted by molar-refractivity contribution is 0.358. The van der Waals surface area contributed by atoms with E-state index in [0.717, 1.165) is 18.4 Å². The van der Waals surface area contributed by atoms with Crippen molar-refractivity contribution in [2.24, 2.45) is 16.8 Å². The summed E-state index contributed by atoms with van der Waals surface area (Å²) in [4.78, 5) is 7.24. The predicted octanol–water partition coefficient (Wildman–Crippen LogP) is 2.26. The fraction of sp³-hybridized carbons (Fsp3) is 0.929. The molecule has 3 N–H and O–H groups in total. The zero-order chi connectivity index (χ0) is 13.0. The molecular weight excluding hydrogens is 224 g/mol. The molecule has 0 saturated heterocycles. The van der Waals surface area contributed by atoms with Gasteiger partial charge < -0.3 is 4.90 Å². The zero-order valence-electron chi connectivity index (χ0n) is 11.9. The molecule has 0 atom stereocenters. The molecule has 2 fully saturated rings. The average molecular weight is 252 g/mol. The van der Waals surface area contributed by atoms with Crippen molar-refractivity contribution in [3.8, 4) is 0 Å². The van der Waals surface area contributed by atoms with Crippen LogP contribution in [0.4, 0.5) is 0 Å². The maximum atomic E-state index is 5.70. The first-order chi connectivity index (χ1) is 8.70. The minimum atomic E-state index is 0.497. The molecule has 0 heterocycles. The molecule has 0 aromatic rings. The van der Waals surface area contributed by atoms with Gasteiger partial charge in [-0.2, -0.15) is 0 Å². The number of hydrogen-bond acceptors (Lipinski definition) is 2. The molecule has 104 valence electrons. The number of aliphatic imine (C=N–C) groups is 1. The van der Waals surface area contributed by atoms with Crippen molar-refractivity contribution < 1.29 is 0 Å². The molecule has 0 aromatic carbocycles. The van der Waals surface area contributed by atoms with Gasteiger partial charge >= 0.3 is 0 Å². The van der Waals surface area contributed by atoms with E-state index in [0.29, 0.717) is 12.1 Å². The van der Waals surface area contributed by atoms with Gasteiger partial charge in [0.2, 0.25) is 5.96 Å². The van der Waals surface area contributed by atoms with Crippen LogP contribution in [0.1, 0.15) is 58.8 Å². The van der Waals surface area contributed by atoms with E-state index < -0.39 is 0 Å². The number of guanidine groups is 1. The highest BCUT2D eigenvalue weighted by molar-refractivity contribution is 5.80. The van der Waals surface area contributed by atoms with Crippen LogP contribution in [0.25, 0.3) is 0 Å². The largest absolute Gasteiger partial charge is 0.339 e. The van der Waals surface area contributed by atoms with E-state index in [4.69, 9.17) is 10.8 Å². The van der Waals surface area contributed by atoms with Crippen LogP contribution < -0.4 is 11.3 Å². The predicted molar refractivity (Wildman–Crippen MR) is 76.2 cm³/mol. The maximum absolute atomic E-state index is 5.70. The summed E-state index contributed by atoms with van der Waals surface area (Å²) < 4.78 is 0. The molecule has 0 amide bonds. The lowest BCUT2D eigenvalue weighted by Gasteiger charge is -2.27. The van der Waals surface area contributed by atoms with Crippen LogP contribution in [0.3, 0.4) is 0 Å². The van der Waals surface area contributed by atoms with Gasteiger partial charge in [-0.05, 0) is 38.0 Å². The van der Waals surface area contributed by atoms with Crippen molar-refractivity contribution in [1.82, 2.24) is 10.3 Å². The summed E-state index contributed by atoms with van der Waals surface area (Å²) in [6, 6.07) is 1.18. The van der Waals surface area contributed by atoms with Gasteiger partial charge in [0.15, 0.2) is 0 Å². The minimum Gasteiger partial charge on any atom is -0.339 e. The third-order valence-corrected chi connectivity index (χ3v) is 3.97. The van der Waals surface area contributed by atoms with Crippen molar-refractivity contribution in [1.29, 1.82) is 0 Å². The number of hydrazine groups is 1. The van der Waals surface area contributed by atoms with Gasteiger partial charge in [-0.15, -0.1) is 0 Å². The van der Waals surface area contributed by atoms with Crippen molar-refractivity contribution >= 4 is 5.96 Å². The molecule has 2 aliphatic carbocycles. The number of nitrogens with one attached hydrogen (secondary N) is 1. The van der Waals surface area contributed by atoms with Crippen molar-refractivity contribution in [2.45, 2.75) is 70.9 Å². The van der Waals surface area contributed by atoms with Gasteiger partial charge in [0.05, 0.1) is 6.04 Å². The number of nitrogens with two attached hydrogens (primary N) is 1. The van der Waals surface area contributed by atoms with Crippen LogP contribution in [0.15, 0.2) is 4.99 Å². The van der Waals surface area contributed by atoms with Crippen LogP contribution in [0.2, 0.25) is 0 Å². The highest BCUT2D eigenvalue weighted by Crippen LogP contribution is 2.28. The summed E-state index contributed by atoms with van der Waals surface area (Å²) in [5.74, 6) is 7.37. The first-order valence-electron chi connectivity index (χ1n) is 7.51. The Hall–Kier alpha value is -0.770. The highest BCUT2D eigenvalue weighted by Gasteiger charge is 2.31. The Morgan fingerprint density at radius 2 is 1.94 bits per heavy atom. The standard InChI is InChI=1S/C14H28N4/c1-11(2)9-10-18(13-7-8-13)14(17-15)16-12-5-3-4-6-12/h11-13H,3-10,15H2,1-2H3,(H,16,17). The molecule has 18 heavy (non-hydrogen) atoms. The topological polar surface area (TPSA) is 53.6 Å². The van der Waals surface area contributed by atoms with E-state index in [-0.39, 0.29) is 0 Å². The van der Waals surface area contributed by atoms with E-state index in [2.05, 4.69) is 24.2 Å². The normalized spacial score (nSPS) is 21.7. The number of rotatable bonds is 5. The maximum Gasteiger partial charge on any atom is 0.208 e. The molecular formula is C14H28N4. The Morgan fingerprint density at radius 3 is 2.44 bits per heavy atom. The van der Waals surface area contributed by atoms with E-state index in [1.807, 2.05) is 0 Å². The zero-order valence-corrected chi connectivity index (χ0v) is 11.9. The summed E-state index contributed by atoms with van der Waals surface area (Å²) in [6.45, 7) is 5.63. The molecule has 2 saturated carbocycles.